The van der Waals surface area contributed by atoms with E-state index in [0.717, 1.165) is 12.8 Å². The van der Waals surface area contributed by atoms with E-state index < -0.39 is 0 Å². The Morgan fingerprint density at radius 3 is 2.86 bits per heavy atom. The fourth-order valence-electron chi connectivity index (χ4n) is 2.89. The van der Waals surface area contributed by atoms with Crippen molar-refractivity contribution in [2.24, 2.45) is 0 Å². The minimum absolute atomic E-state index is 0.155. The van der Waals surface area contributed by atoms with E-state index >= 15 is 0 Å². The lowest BCUT2D eigenvalue weighted by Gasteiger charge is -2.21. The van der Waals surface area contributed by atoms with Gasteiger partial charge < -0.3 is 10.3 Å². The van der Waals surface area contributed by atoms with E-state index in [1.165, 1.54) is 0 Å². The molecular weight excluding hydrogens is 378 g/mol. The zero-order valence-corrected chi connectivity index (χ0v) is 16.4. The summed E-state index contributed by atoms with van der Waals surface area (Å²) in [5.74, 6) is 0.334. The molecule has 0 atom stereocenters. The van der Waals surface area contributed by atoms with Crippen LogP contribution in [0.3, 0.4) is 0 Å². The van der Waals surface area contributed by atoms with Crippen molar-refractivity contribution >= 4 is 34.1 Å². The summed E-state index contributed by atoms with van der Waals surface area (Å²) in [6, 6.07) is 10.6. The van der Waals surface area contributed by atoms with Crippen LogP contribution in [0.25, 0.3) is 10.9 Å². The molecule has 8 heteroatoms. The van der Waals surface area contributed by atoms with E-state index in [4.69, 9.17) is 11.6 Å². The predicted molar refractivity (Wildman–Crippen MR) is 110 cm³/mol. The molecule has 0 saturated heterocycles. The lowest BCUT2D eigenvalue weighted by Crippen LogP contribution is -2.34. The first-order chi connectivity index (χ1) is 13.6. The number of benzene rings is 1. The first-order valence-corrected chi connectivity index (χ1v) is 9.55. The van der Waals surface area contributed by atoms with Gasteiger partial charge in [-0.2, -0.15) is 0 Å². The Balaban J connectivity index is 1.74. The molecule has 0 aliphatic carbocycles. The van der Waals surface area contributed by atoms with Crippen LogP contribution in [-0.2, 0) is 11.3 Å². The second-order valence-corrected chi connectivity index (χ2v) is 6.84. The summed E-state index contributed by atoms with van der Waals surface area (Å²) in [4.78, 5) is 38.0. The average molecular weight is 400 g/mol. The van der Waals surface area contributed by atoms with E-state index in [1.807, 2.05) is 17.0 Å². The highest BCUT2D eigenvalue weighted by Crippen LogP contribution is 2.17. The molecule has 1 aromatic carbocycles. The maximum Gasteiger partial charge on any atom is 0.258 e. The molecule has 28 heavy (non-hydrogen) atoms. The Morgan fingerprint density at radius 2 is 2.07 bits per heavy atom. The van der Waals surface area contributed by atoms with E-state index in [-0.39, 0.29) is 23.2 Å². The molecule has 7 nitrogen and oxygen atoms in total. The fourth-order valence-corrected chi connectivity index (χ4v) is 3.06. The molecule has 2 aromatic heterocycles. The zero-order chi connectivity index (χ0) is 19.9. The highest BCUT2D eigenvalue weighted by molar-refractivity contribution is 6.32. The van der Waals surface area contributed by atoms with Gasteiger partial charge in [0, 0.05) is 6.20 Å². The third-order valence-corrected chi connectivity index (χ3v) is 4.56. The molecule has 3 aromatic rings. The first kappa shape index (κ1) is 20.0. The zero-order valence-electron chi connectivity index (χ0n) is 15.6. The topological polar surface area (TPSA) is 91.0 Å². The number of carbonyl (C=O) groups is 1. The van der Waals surface area contributed by atoms with Gasteiger partial charge in [-0.15, -0.1) is 0 Å². The Labute approximate surface area is 167 Å². The van der Waals surface area contributed by atoms with E-state index in [9.17, 15) is 9.59 Å². The molecule has 0 bridgehead atoms. The fraction of sp³-hybridized carbons (Fsp3) is 0.300. The number of H-pyrrole nitrogens is 1. The summed E-state index contributed by atoms with van der Waals surface area (Å²) in [6.07, 6.45) is 3.49. The molecule has 0 saturated carbocycles. The van der Waals surface area contributed by atoms with E-state index in [0.29, 0.717) is 35.5 Å². The molecule has 0 spiro atoms. The third-order valence-electron chi connectivity index (χ3n) is 4.26. The Hall–Kier alpha value is -2.77. The number of aromatic nitrogens is 3. The summed E-state index contributed by atoms with van der Waals surface area (Å²) < 4.78 is 0. The lowest BCUT2D eigenvalue weighted by atomic mass is 10.2. The van der Waals surface area contributed by atoms with Crippen molar-refractivity contribution in [3.63, 3.8) is 0 Å². The van der Waals surface area contributed by atoms with Crippen LogP contribution in [0.1, 0.15) is 25.6 Å². The molecule has 0 aliphatic heterocycles. The smallest absolute Gasteiger partial charge is 0.258 e. The molecule has 2 N–H and O–H groups in total. The van der Waals surface area contributed by atoms with Crippen molar-refractivity contribution in [2.75, 3.05) is 18.4 Å². The van der Waals surface area contributed by atoms with Crippen LogP contribution < -0.4 is 10.9 Å². The van der Waals surface area contributed by atoms with Crippen molar-refractivity contribution in [1.82, 2.24) is 19.9 Å². The summed E-state index contributed by atoms with van der Waals surface area (Å²) in [5.41, 5.74) is 0.938. The Morgan fingerprint density at radius 1 is 1.25 bits per heavy atom. The molecule has 0 aliphatic rings. The first-order valence-electron chi connectivity index (χ1n) is 9.17. The van der Waals surface area contributed by atoms with Gasteiger partial charge in [0.15, 0.2) is 5.15 Å². The number of halogens is 1. The second-order valence-electron chi connectivity index (χ2n) is 6.48. The average Bonchev–Trinajstić information content (AvgIpc) is 2.68. The van der Waals surface area contributed by atoms with Crippen LogP contribution in [0.15, 0.2) is 47.4 Å². The van der Waals surface area contributed by atoms with E-state index in [1.54, 1.807) is 30.5 Å². The van der Waals surface area contributed by atoms with Gasteiger partial charge in [0.25, 0.3) is 5.56 Å². The maximum atomic E-state index is 12.5. The number of amides is 1. The number of carbonyl (C=O) groups excluding carboxylic acids is 1. The van der Waals surface area contributed by atoms with Gasteiger partial charge >= 0.3 is 0 Å². The minimum Gasteiger partial charge on any atom is -0.322 e. The number of unbranched alkanes of at least 4 members (excludes halogenated alkanes) is 1. The molecular formula is C20H22ClN5O2. The SMILES string of the molecule is CCCCN(CC(=O)Nc1cccnc1Cl)Cc1nc2ccccc2c(=O)[nH]1. The normalized spacial score (nSPS) is 11.1. The van der Waals surface area contributed by atoms with Gasteiger partial charge in [-0.25, -0.2) is 9.97 Å². The number of rotatable bonds is 8. The van der Waals surface area contributed by atoms with Crippen LogP contribution in [-0.4, -0.2) is 38.8 Å². The largest absolute Gasteiger partial charge is 0.322 e. The summed E-state index contributed by atoms with van der Waals surface area (Å²) in [5, 5.41) is 3.57. The lowest BCUT2D eigenvalue weighted by molar-refractivity contribution is -0.117. The number of hydrogen-bond acceptors (Lipinski definition) is 5. The summed E-state index contributed by atoms with van der Waals surface area (Å²) >= 11 is 6.00. The maximum absolute atomic E-state index is 12.5. The van der Waals surface area contributed by atoms with Crippen LogP contribution in [0, 0.1) is 0 Å². The molecule has 146 valence electrons. The second kappa shape index (κ2) is 9.43. The number of anilines is 1. The Kier molecular flexibility index (Phi) is 6.73. The highest BCUT2D eigenvalue weighted by Gasteiger charge is 2.14. The number of fused-ring (bicyclic) bond motifs is 1. The number of nitrogens with zero attached hydrogens (tertiary/aromatic N) is 3. The number of nitrogens with one attached hydrogen (secondary N) is 2. The monoisotopic (exact) mass is 399 g/mol. The predicted octanol–water partition coefficient (Wildman–Crippen LogP) is 3.21. The van der Waals surface area contributed by atoms with Crippen molar-refractivity contribution in [3.05, 3.63) is 63.9 Å². The molecule has 1 amide bonds. The van der Waals surface area contributed by atoms with Gasteiger partial charge in [0.1, 0.15) is 5.82 Å². The Bertz CT molecular complexity index is 1020. The molecule has 2 heterocycles. The van der Waals surface area contributed by atoms with Crippen LogP contribution in [0.5, 0.6) is 0 Å². The van der Waals surface area contributed by atoms with Gasteiger partial charge in [-0.05, 0) is 37.2 Å². The standard InChI is InChI=1S/C20H22ClN5O2/c1-2-3-11-26(13-18(27)24-16-9-6-10-22-19(16)21)12-17-23-15-8-5-4-7-14(15)20(28)25-17/h4-10H,2-3,11-13H2,1H3,(H,24,27)(H,23,25,28). The molecule has 0 unspecified atom stereocenters. The molecule has 0 fully saturated rings. The number of pyridine rings is 1. The third kappa shape index (κ3) is 5.15. The highest BCUT2D eigenvalue weighted by atomic mass is 35.5. The van der Waals surface area contributed by atoms with Crippen LogP contribution in [0.4, 0.5) is 5.69 Å². The van der Waals surface area contributed by atoms with Gasteiger partial charge in [0.2, 0.25) is 5.91 Å². The number of hydrogen-bond donors (Lipinski definition) is 2. The quantitative estimate of drug-likeness (QED) is 0.567. The van der Waals surface area contributed by atoms with Crippen molar-refractivity contribution in [2.45, 2.75) is 26.3 Å². The van der Waals surface area contributed by atoms with Crippen LogP contribution in [0.2, 0.25) is 5.15 Å². The van der Waals surface area contributed by atoms with E-state index in [2.05, 4.69) is 27.2 Å². The minimum atomic E-state index is -0.200. The molecule has 0 radical (unpaired) electrons. The summed E-state index contributed by atoms with van der Waals surface area (Å²) in [6.45, 7) is 3.32. The van der Waals surface area contributed by atoms with Crippen molar-refractivity contribution in [1.29, 1.82) is 0 Å². The molecule has 3 rings (SSSR count). The van der Waals surface area contributed by atoms with Gasteiger partial charge in [-0.3, -0.25) is 14.5 Å². The number of para-hydroxylation sites is 1. The summed E-state index contributed by atoms with van der Waals surface area (Å²) in [7, 11) is 0. The van der Waals surface area contributed by atoms with Crippen molar-refractivity contribution in [3.8, 4) is 0 Å². The van der Waals surface area contributed by atoms with Crippen LogP contribution >= 0.6 is 11.6 Å². The van der Waals surface area contributed by atoms with Crippen molar-refractivity contribution < 1.29 is 4.79 Å². The van der Waals surface area contributed by atoms with Gasteiger partial charge in [0.05, 0.1) is 29.7 Å². The van der Waals surface area contributed by atoms with Gasteiger partial charge in [-0.1, -0.05) is 37.1 Å². The number of aromatic amines is 1.